The van der Waals surface area contributed by atoms with Gasteiger partial charge in [0.15, 0.2) is 0 Å². The van der Waals surface area contributed by atoms with Crippen LogP contribution in [0, 0.1) is 5.95 Å². The van der Waals surface area contributed by atoms with E-state index in [0.717, 1.165) is 5.69 Å². The number of halogens is 1. The third kappa shape index (κ3) is 2.77. The maximum absolute atomic E-state index is 13.8. The Labute approximate surface area is 91.7 Å². The van der Waals surface area contributed by atoms with Crippen molar-refractivity contribution in [1.82, 2.24) is 4.98 Å². The van der Waals surface area contributed by atoms with Crippen LogP contribution in [0.4, 0.5) is 4.39 Å². The second-order valence-corrected chi connectivity index (χ2v) is 6.03. The fourth-order valence-electron chi connectivity index (χ4n) is 1.41. The lowest BCUT2D eigenvalue weighted by Crippen LogP contribution is -2.19. The van der Waals surface area contributed by atoms with E-state index in [1.807, 2.05) is 53.7 Å². The van der Waals surface area contributed by atoms with Gasteiger partial charge in [-0.3, -0.25) is 0 Å². The summed E-state index contributed by atoms with van der Waals surface area (Å²) < 4.78 is 13.8. The average Bonchev–Trinajstić information content (AvgIpc) is 1.99. The predicted octanol–water partition coefficient (Wildman–Crippen LogP) is 3.82. The molecule has 0 amide bonds. The fraction of sp³-hybridized carbons (Fsp3) is 0.615. The smallest absolute Gasteiger partial charge is 0.216 e. The summed E-state index contributed by atoms with van der Waals surface area (Å²) in [5.41, 5.74) is 1.19. The van der Waals surface area contributed by atoms with Crippen molar-refractivity contribution in [2.45, 2.75) is 52.4 Å². The van der Waals surface area contributed by atoms with Crippen LogP contribution in [0.25, 0.3) is 0 Å². The van der Waals surface area contributed by atoms with Gasteiger partial charge < -0.3 is 0 Å². The van der Waals surface area contributed by atoms with Gasteiger partial charge in [-0.1, -0.05) is 47.6 Å². The Morgan fingerprint density at radius 1 is 0.933 bits per heavy atom. The van der Waals surface area contributed by atoms with Crippen LogP contribution in [-0.4, -0.2) is 4.98 Å². The van der Waals surface area contributed by atoms with Crippen LogP contribution in [-0.2, 0) is 10.8 Å². The molecule has 1 nitrogen and oxygen atoms in total. The predicted molar refractivity (Wildman–Crippen MR) is 61.6 cm³/mol. The molecule has 0 spiro atoms. The minimum Gasteiger partial charge on any atom is -0.224 e. The van der Waals surface area contributed by atoms with E-state index in [1.165, 1.54) is 0 Å². The van der Waals surface area contributed by atoms with Crippen molar-refractivity contribution in [2.24, 2.45) is 0 Å². The van der Waals surface area contributed by atoms with Crippen LogP contribution in [0.3, 0.4) is 0 Å². The van der Waals surface area contributed by atoms with E-state index >= 15 is 0 Å². The maximum atomic E-state index is 13.8. The van der Waals surface area contributed by atoms with E-state index in [1.54, 1.807) is 0 Å². The molecule has 1 rings (SSSR count). The first kappa shape index (κ1) is 12.2. The summed E-state index contributed by atoms with van der Waals surface area (Å²) in [4.78, 5) is 4.04. The van der Waals surface area contributed by atoms with Crippen molar-refractivity contribution in [3.8, 4) is 0 Å². The molecule has 0 unspecified atom stereocenters. The van der Waals surface area contributed by atoms with E-state index in [2.05, 4.69) is 4.98 Å². The number of aromatic nitrogens is 1. The Balaban J connectivity index is 3.21. The number of hydrogen-bond donors (Lipinski definition) is 0. The van der Waals surface area contributed by atoms with Gasteiger partial charge in [0.1, 0.15) is 0 Å². The third-order valence-electron chi connectivity index (χ3n) is 2.43. The van der Waals surface area contributed by atoms with E-state index in [9.17, 15) is 4.39 Å². The van der Waals surface area contributed by atoms with Crippen molar-refractivity contribution in [3.05, 3.63) is 29.3 Å². The molecule has 0 N–H and O–H groups in total. The van der Waals surface area contributed by atoms with Gasteiger partial charge in [0.25, 0.3) is 0 Å². The first-order chi connectivity index (χ1) is 6.62. The molecule has 0 atom stereocenters. The molecule has 84 valence electrons. The Morgan fingerprint density at radius 3 is 1.80 bits per heavy atom. The van der Waals surface area contributed by atoms with E-state index < -0.39 is 0 Å². The van der Waals surface area contributed by atoms with Gasteiger partial charge >= 0.3 is 0 Å². The quantitative estimate of drug-likeness (QED) is 0.592. The number of hydrogen-bond acceptors (Lipinski definition) is 1. The van der Waals surface area contributed by atoms with Gasteiger partial charge in [-0.05, 0) is 11.5 Å². The molecule has 0 aliphatic carbocycles. The molecule has 0 saturated heterocycles. The summed E-state index contributed by atoms with van der Waals surface area (Å²) in [5, 5.41) is 0. The van der Waals surface area contributed by atoms with E-state index in [0.29, 0.717) is 5.56 Å². The van der Waals surface area contributed by atoms with Gasteiger partial charge in [0, 0.05) is 16.7 Å². The molecular weight excluding hydrogens is 189 g/mol. The lowest BCUT2D eigenvalue weighted by molar-refractivity contribution is 0.477. The highest BCUT2D eigenvalue weighted by molar-refractivity contribution is 5.25. The molecule has 0 fully saturated rings. The van der Waals surface area contributed by atoms with Gasteiger partial charge in [0.05, 0.1) is 0 Å². The molecule has 0 bridgehead atoms. The summed E-state index contributed by atoms with van der Waals surface area (Å²) >= 11 is 0. The van der Waals surface area contributed by atoms with Crippen molar-refractivity contribution in [2.75, 3.05) is 0 Å². The topological polar surface area (TPSA) is 12.9 Å². The standard InChI is InChI=1S/C13H20FN/c1-12(2,3)9-7-8-10(13(4,5)6)15-11(9)14/h7-8H,1-6H3. The monoisotopic (exact) mass is 209 g/mol. The van der Waals surface area contributed by atoms with E-state index in [4.69, 9.17) is 0 Å². The van der Waals surface area contributed by atoms with Crippen LogP contribution in [0.2, 0.25) is 0 Å². The highest BCUT2D eigenvalue weighted by Crippen LogP contribution is 2.27. The molecular formula is C13H20FN. The van der Waals surface area contributed by atoms with Gasteiger partial charge in [-0.2, -0.15) is 4.39 Å². The zero-order valence-electron chi connectivity index (χ0n) is 10.5. The van der Waals surface area contributed by atoms with Gasteiger partial charge in [-0.15, -0.1) is 0 Å². The zero-order chi connectivity index (χ0) is 11.9. The molecule has 1 heterocycles. The third-order valence-corrected chi connectivity index (χ3v) is 2.43. The summed E-state index contributed by atoms with van der Waals surface area (Å²) in [5.74, 6) is -0.338. The molecule has 0 saturated carbocycles. The Morgan fingerprint density at radius 2 is 1.47 bits per heavy atom. The number of pyridine rings is 1. The largest absolute Gasteiger partial charge is 0.224 e. The van der Waals surface area contributed by atoms with Crippen LogP contribution >= 0.6 is 0 Å². The van der Waals surface area contributed by atoms with Crippen molar-refractivity contribution >= 4 is 0 Å². The van der Waals surface area contributed by atoms with Gasteiger partial charge in [-0.25, -0.2) is 4.98 Å². The Bertz CT molecular complexity index is 356. The zero-order valence-corrected chi connectivity index (χ0v) is 10.5. The second-order valence-electron chi connectivity index (χ2n) is 6.03. The molecule has 2 heteroatoms. The van der Waals surface area contributed by atoms with Crippen LogP contribution in [0.5, 0.6) is 0 Å². The van der Waals surface area contributed by atoms with E-state index in [-0.39, 0.29) is 16.8 Å². The first-order valence-corrected chi connectivity index (χ1v) is 5.30. The molecule has 0 radical (unpaired) electrons. The van der Waals surface area contributed by atoms with Crippen LogP contribution in [0.15, 0.2) is 12.1 Å². The van der Waals surface area contributed by atoms with Crippen molar-refractivity contribution < 1.29 is 4.39 Å². The molecule has 1 aromatic heterocycles. The molecule has 15 heavy (non-hydrogen) atoms. The Kier molecular flexibility index (Phi) is 2.90. The van der Waals surface area contributed by atoms with Crippen molar-refractivity contribution in [3.63, 3.8) is 0 Å². The minimum absolute atomic E-state index is 0.0999. The normalized spacial score (nSPS) is 13.0. The summed E-state index contributed by atoms with van der Waals surface area (Å²) in [7, 11) is 0. The first-order valence-electron chi connectivity index (χ1n) is 5.30. The Hall–Kier alpha value is -0.920. The summed E-state index contributed by atoms with van der Waals surface area (Å²) in [6.45, 7) is 12.1. The minimum atomic E-state index is -0.338. The SMILES string of the molecule is CC(C)(C)c1ccc(C(C)(C)C)c(F)n1. The lowest BCUT2D eigenvalue weighted by atomic mass is 9.86. The fourth-order valence-corrected chi connectivity index (χ4v) is 1.41. The molecule has 0 aromatic carbocycles. The highest BCUT2D eigenvalue weighted by atomic mass is 19.1. The second kappa shape index (κ2) is 3.58. The van der Waals surface area contributed by atoms with Crippen LogP contribution in [0.1, 0.15) is 52.8 Å². The number of nitrogens with zero attached hydrogens (tertiary/aromatic N) is 1. The van der Waals surface area contributed by atoms with Gasteiger partial charge in [0.2, 0.25) is 5.95 Å². The average molecular weight is 209 g/mol. The lowest BCUT2D eigenvalue weighted by Gasteiger charge is -2.22. The summed E-state index contributed by atoms with van der Waals surface area (Å²) in [6, 6.07) is 3.77. The molecule has 0 aliphatic heterocycles. The number of rotatable bonds is 0. The summed E-state index contributed by atoms with van der Waals surface area (Å²) in [6.07, 6.45) is 0. The molecule has 0 aliphatic rings. The van der Waals surface area contributed by atoms with Crippen LogP contribution < -0.4 is 0 Å². The maximum Gasteiger partial charge on any atom is 0.216 e. The highest BCUT2D eigenvalue weighted by Gasteiger charge is 2.22. The molecule has 1 aromatic rings. The van der Waals surface area contributed by atoms with Crippen molar-refractivity contribution in [1.29, 1.82) is 0 Å².